The molecule has 6 heteroatoms. The van der Waals surface area contributed by atoms with Gasteiger partial charge in [0.1, 0.15) is 0 Å². The highest BCUT2D eigenvalue weighted by Crippen LogP contribution is 2.07. The van der Waals surface area contributed by atoms with Crippen LogP contribution >= 0.6 is 0 Å². The summed E-state index contributed by atoms with van der Waals surface area (Å²) in [6, 6.07) is 7.36. The van der Waals surface area contributed by atoms with E-state index in [-0.39, 0.29) is 17.1 Å². The summed E-state index contributed by atoms with van der Waals surface area (Å²) in [5.74, 6) is -1.37. The van der Waals surface area contributed by atoms with Gasteiger partial charge in [-0.05, 0) is 24.3 Å². The Morgan fingerprint density at radius 3 is 2.39 bits per heavy atom. The molecule has 0 unspecified atom stereocenters. The van der Waals surface area contributed by atoms with Gasteiger partial charge in [0.25, 0.3) is 5.91 Å². The first-order chi connectivity index (χ1) is 8.66. The normalized spacial score (nSPS) is 9.78. The summed E-state index contributed by atoms with van der Waals surface area (Å²) in [6.45, 7) is 0. The second kappa shape index (κ2) is 5.05. The number of aromatic carboxylic acids is 1. The quantitative estimate of drug-likeness (QED) is 0.850. The number of carboxylic acid groups (broad SMARTS) is 1. The van der Waals surface area contributed by atoms with Crippen molar-refractivity contribution in [1.29, 1.82) is 0 Å². The first-order valence-electron chi connectivity index (χ1n) is 5.08. The van der Waals surface area contributed by atoms with Crippen molar-refractivity contribution in [1.82, 2.24) is 9.97 Å². The number of rotatable bonds is 3. The van der Waals surface area contributed by atoms with Crippen molar-refractivity contribution in [2.75, 3.05) is 5.32 Å². The largest absolute Gasteiger partial charge is 0.478 e. The van der Waals surface area contributed by atoms with E-state index in [1.54, 1.807) is 6.07 Å². The van der Waals surface area contributed by atoms with Gasteiger partial charge in [0.05, 0.1) is 5.56 Å². The molecule has 2 rings (SSSR count). The van der Waals surface area contributed by atoms with E-state index in [4.69, 9.17) is 5.11 Å². The molecule has 0 atom stereocenters. The monoisotopic (exact) mass is 243 g/mol. The zero-order chi connectivity index (χ0) is 13.0. The lowest BCUT2D eigenvalue weighted by Gasteiger charge is -2.03. The first kappa shape index (κ1) is 11.7. The SMILES string of the molecule is O=C(O)c1cccc(C(=O)Nc2ncccn2)c1. The van der Waals surface area contributed by atoms with Gasteiger partial charge in [-0.1, -0.05) is 6.07 Å². The van der Waals surface area contributed by atoms with Crippen LogP contribution in [0, 0.1) is 0 Å². The zero-order valence-electron chi connectivity index (χ0n) is 9.20. The number of hydrogen-bond donors (Lipinski definition) is 2. The van der Waals surface area contributed by atoms with Crippen LogP contribution in [0.15, 0.2) is 42.7 Å². The molecule has 0 spiro atoms. The molecule has 1 amide bonds. The van der Waals surface area contributed by atoms with Crippen LogP contribution in [0.4, 0.5) is 5.95 Å². The van der Waals surface area contributed by atoms with E-state index in [9.17, 15) is 9.59 Å². The Hall–Kier alpha value is -2.76. The van der Waals surface area contributed by atoms with E-state index in [0.717, 1.165) is 0 Å². The lowest BCUT2D eigenvalue weighted by molar-refractivity contribution is 0.0697. The van der Waals surface area contributed by atoms with Crippen LogP contribution in [-0.4, -0.2) is 27.0 Å². The third-order valence-electron chi connectivity index (χ3n) is 2.16. The molecule has 0 aliphatic heterocycles. The summed E-state index contributed by atoms with van der Waals surface area (Å²) in [5, 5.41) is 11.3. The number of aromatic nitrogens is 2. The Balaban J connectivity index is 2.19. The fourth-order valence-corrected chi connectivity index (χ4v) is 1.33. The highest BCUT2D eigenvalue weighted by atomic mass is 16.4. The van der Waals surface area contributed by atoms with Gasteiger partial charge >= 0.3 is 5.97 Å². The minimum atomic E-state index is -1.08. The number of carbonyl (C=O) groups excluding carboxylic acids is 1. The predicted molar refractivity (Wildman–Crippen MR) is 63.4 cm³/mol. The van der Waals surface area contributed by atoms with Crippen LogP contribution in [0.3, 0.4) is 0 Å². The molecule has 1 aromatic heterocycles. The number of hydrogen-bond acceptors (Lipinski definition) is 4. The fourth-order valence-electron chi connectivity index (χ4n) is 1.33. The molecule has 2 aromatic rings. The molecule has 2 N–H and O–H groups in total. The van der Waals surface area contributed by atoms with E-state index in [0.29, 0.717) is 0 Å². The van der Waals surface area contributed by atoms with Crippen molar-refractivity contribution in [3.05, 3.63) is 53.9 Å². The molecule has 0 bridgehead atoms. The minimum absolute atomic E-state index is 0.0524. The van der Waals surface area contributed by atoms with Gasteiger partial charge in [-0.25, -0.2) is 14.8 Å². The van der Waals surface area contributed by atoms with Crippen molar-refractivity contribution in [2.24, 2.45) is 0 Å². The van der Waals surface area contributed by atoms with Crippen LogP contribution in [0.1, 0.15) is 20.7 Å². The van der Waals surface area contributed by atoms with Crippen LogP contribution in [0.5, 0.6) is 0 Å². The van der Waals surface area contributed by atoms with Gasteiger partial charge in [-0.3, -0.25) is 10.1 Å². The Morgan fingerprint density at radius 1 is 1.06 bits per heavy atom. The second-order valence-electron chi connectivity index (χ2n) is 3.41. The lowest BCUT2D eigenvalue weighted by Crippen LogP contribution is -2.14. The molecule has 6 nitrogen and oxygen atoms in total. The van der Waals surface area contributed by atoms with Crippen LogP contribution in [-0.2, 0) is 0 Å². The van der Waals surface area contributed by atoms with Gasteiger partial charge < -0.3 is 5.11 Å². The van der Waals surface area contributed by atoms with Crippen LogP contribution in [0.25, 0.3) is 0 Å². The molecule has 0 saturated heterocycles. The minimum Gasteiger partial charge on any atom is -0.478 e. The highest BCUT2D eigenvalue weighted by Gasteiger charge is 2.10. The molecule has 0 aliphatic rings. The zero-order valence-corrected chi connectivity index (χ0v) is 9.20. The second-order valence-corrected chi connectivity index (χ2v) is 3.41. The summed E-state index contributed by atoms with van der Waals surface area (Å²) >= 11 is 0. The van der Waals surface area contributed by atoms with E-state index in [1.165, 1.54) is 36.7 Å². The number of carbonyl (C=O) groups is 2. The summed E-state index contributed by atoms with van der Waals surface area (Å²) < 4.78 is 0. The van der Waals surface area contributed by atoms with Crippen LogP contribution in [0.2, 0.25) is 0 Å². The van der Waals surface area contributed by atoms with E-state index in [1.807, 2.05) is 0 Å². The highest BCUT2D eigenvalue weighted by molar-refractivity contribution is 6.04. The third kappa shape index (κ3) is 2.67. The maximum absolute atomic E-state index is 11.8. The number of nitrogens with one attached hydrogen (secondary N) is 1. The van der Waals surface area contributed by atoms with Crippen molar-refractivity contribution in [2.45, 2.75) is 0 Å². The van der Waals surface area contributed by atoms with Crippen molar-refractivity contribution >= 4 is 17.8 Å². The molecule has 0 aliphatic carbocycles. The molecular weight excluding hydrogens is 234 g/mol. The summed E-state index contributed by atoms with van der Waals surface area (Å²) in [4.78, 5) is 30.3. The standard InChI is InChI=1S/C12H9N3O3/c16-10(15-12-13-5-2-6-14-12)8-3-1-4-9(7-8)11(17)18/h1-7H,(H,17,18)(H,13,14,15,16). The number of benzene rings is 1. The van der Waals surface area contributed by atoms with E-state index >= 15 is 0 Å². The predicted octanol–water partition coefficient (Wildman–Crippen LogP) is 1.43. The first-order valence-corrected chi connectivity index (χ1v) is 5.08. The average Bonchev–Trinajstić information content (AvgIpc) is 2.40. The summed E-state index contributed by atoms with van der Waals surface area (Å²) in [6.07, 6.45) is 2.99. The molecular formula is C12H9N3O3. The van der Waals surface area contributed by atoms with E-state index < -0.39 is 11.9 Å². The van der Waals surface area contributed by atoms with Gasteiger partial charge in [0, 0.05) is 18.0 Å². The Labute approximate surface area is 102 Å². The van der Waals surface area contributed by atoms with Gasteiger partial charge in [0.2, 0.25) is 5.95 Å². The number of carboxylic acids is 1. The van der Waals surface area contributed by atoms with Crippen LogP contribution < -0.4 is 5.32 Å². The Kier molecular flexibility index (Phi) is 3.29. The topological polar surface area (TPSA) is 92.2 Å². The maximum atomic E-state index is 11.8. The maximum Gasteiger partial charge on any atom is 0.335 e. The summed E-state index contributed by atoms with van der Waals surface area (Å²) in [7, 11) is 0. The van der Waals surface area contributed by atoms with Crippen molar-refractivity contribution < 1.29 is 14.7 Å². The number of anilines is 1. The van der Waals surface area contributed by atoms with Crippen molar-refractivity contribution in [3.8, 4) is 0 Å². The smallest absolute Gasteiger partial charge is 0.335 e. The molecule has 90 valence electrons. The Bertz CT molecular complexity index is 584. The molecule has 18 heavy (non-hydrogen) atoms. The van der Waals surface area contributed by atoms with Crippen molar-refractivity contribution in [3.63, 3.8) is 0 Å². The molecule has 0 fully saturated rings. The lowest BCUT2D eigenvalue weighted by atomic mass is 10.1. The molecule has 1 aromatic carbocycles. The summed E-state index contributed by atoms with van der Waals surface area (Å²) in [5.41, 5.74) is 0.291. The number of nitrogens with zero attached hydrogens (tertiary/aromatic N) is 2. The van der Waals surface area contributed by atoms with Gasteiger partial charge in [-0.15, -0.1) is 0 Å². The average molecular weight is 243 g/mol. The Morgan fingerprint density at radius 2 is 1.72 bits per heavy atom. The fraction of sp³-hybridized carbons (Fsp3) is 0. The third-order valence-corrected chi connectivity index (χ3v) is 2.16. The van der Waals surface area contributed by atoms with Gasteiger partial charge in [-0.2, -0.15) is 0 Å². The molecule has 0 radical (unpaired) electrons. The molecule has 0 saturated carbocycles. The van der Waals surface area contributed by atoms with Gasteiger partial charge in [0.15, 0.2) is 0 Å². The van der Waals surface area contributed by atoms with E-state index in [2.05, 4.69) is 15.3 Å². The molecule has 1 heterocycles. The number of amides is 1.